The van der Waals surface area contributed by atoms with Crippen molar-refractivity contribution in [2.45, 2.75) is 19.9 Å². The number of nitrogens with one attached hydrogen (secondary N) is 2. The van der Waals surface area contributed by atoms with Crippen LogP contribution in [0.15, 0.2) is 42.5 Å². The molecule has 0 unspecified atom stereocenters. The third-order valence-corrected chi connectivity index (χ3v) is 4.95. The molecule has 138 valence electrons. The molecule has 27 heavy (non-hydrogen) atoms. The standard InChI is InChI=1S/C21H21N3O3/c1-13-4-3-5-15(10-13)22-21(26)24-9-8-19-17(12-24)16-11-14(20(25)27-2)6-7-18(16)23-19/h3-7,10-11,23H,8-9,12H2,1-2H3,(H,22,26). The van der Waals surface area contributed by atoms with E-state index in [1.807, 2.05) is 43.3 Å². The first-order valence-corrected chi connectivity index (χ1v) is 8.89. The predicted molar refractivity (Wildman–Crippen MR) is 104 cm³/mol. The summed E-state index contributed by atoms with van der Waals surface area (Å²) in [4.78, 5) is 29.7. The fraction of sp³-hybridized carbons (Fsp3) is 0.238. The number of benzene rings is 2. The van der Waals surface area contributed by atoms with Gasteiger partial charge in [0, 0.05) is 47.4 Å². The van der Waals surface area contributed by atoms with Crippen molar-refractivity contribution in [3.63, 3.8) is 0 Å². The van der Waals surface area contributed by atoms with Crippen LogP contribution in [0.25, 0.3) is 10.9 Å². The zero-order chi connectivity index (χ0) is 19.0. The van der Waals surface area contributed by atoms with Gasteiger partial charge in [-0.25, -0.2) is 9.59 Å². The quantitative estimate of drug-likeness (QED) is 0.679. The van der Waals surface area contributed by atoms with Crippen molar-refractivity contribution in [2.24, 2.45) is 0 Å². The Morgan fingerprint density at radius 1 is 1.19 bits per heavy atom. The highest BCUT2D eigenvalue weighted by molar-refractivity contribution is 5.96. The van der Waals surface area contributed by atoms with E-state index in [4.69, 9.17) is 4.74 Å². The van der Waals surface area contributed by atoms with Crippen LogP contribution in [-0.4, -0.2) is 35.5 Å². The molecular formula is C21H21N3O3. The number of urea groups is 1. The molecule has 0 saturated carbocycles. The summed E-state index contributed by atoms with van der Waals surface area (Å²) in [5.41, 5.74) is 5.54. The first-order chi connectivity index (χ1) is 13.0. The largest absolute Gasteiger partial charge is 0.465 e. The van der Waals surface area contributed by atoms with Crippen LogP contribution in [0.5, 0.6) is 0 Å². The Kier molecular flexibility index (Phi) is 4.32. The highest BCUT2D eigenvalue weighted by atomic mass is 16.5. The number of ether oxygens (including phenoxy) is 1. The minimum atomic E-state index is -0.364. The number of hydrogen-bond acceptors (Lipinski definition) is 3. The van der Waals surface area contributed by atoms with Gasteiger partial charge < -0.3 is 19.9 Å². The second-order valence-corrected chi connectivity index (χ2v) is 6.81. The lowest BCUT2D eigenvalue weighted by atomic mass is 10.0. The Morgan fingerprint density at radius 3 is 2.81 bits per heavy atom. The number of fused-ring (bicyclic) bond motifs is 3. The fourth-order valence-corrected chi connectivity index (χ4v) is 3.56. The SMILES string of the molecule is COC(=O)c1ccc2[nH]c3c(c2c1)CN(C(=O)Nc1cccc(C)c1)CC3. The first-order valence-electron chi connectivity index (χ1n) is 8.89. The van der Waals surface area contributed by atoms with Crippen molar-refractivity contribution in [1.82, 2.24) is 9.88 Å². The van der Waals surface area contributed by atoms with Gasteiger partial charge in [-0.05, 0) is 42.8 Å². The Balaban J connectivity index is 1.59. The summed E-state index contributed by atoms with van der Waals surface area (Å²) in [5.74, 6) is -0.364. The summed E-state index contributed by atoms with van der Waals surface area (Å²) < 4.78 is 4.82. The number of aryl methyl sites for hydroxylation is 1. The molecule has 6 heteroatoms. The number of aromatic nitrogens is 1. The van der Waals surface area contributed by atoms with Crippen molar-refractivity contribution >= 4 is 28.6 Å². The summed E-state index contributed by atoms with van der Waals surface area (Å²) in [6.07, 6.45) is 0.749. The predicted octanol–water partition coefficient (Wildman–Crippen LogP) is 3.85. The van der Waals surface area contributed by atoms with Gasteiger partial charge in [0.25, 0.3) is 0 Å². The van der Waals surface area contributed by atoms with Crippen molar-refractivity contribution in [3.05, 3.63) is 64.8 Å². The van der Waals surface area contributed by atoms with Crippen LogP contribution in [0.1, 0.15) is 27.2 Å². The van der Waals surface area contributed by atoms with E-state index in [1.54, 1.807) is 11.0 Å². The molecular weight excluding hydrogens is 342 g/mol. The minimum Gasteiger partial charge on any atom is -0.465 e. The summed E-state index contributed by atoms with van der Waals surface area (Å²) in [7, 11) is 1.37. The van der Waals surface area contributed by atoms with Crippen molar-refractivity contribution in [1.29, 1.82) is 0 Å². The van der Waals surface area contributed by atoms with E-state index in [1.165, 1.54) is 7.11 Å². The van der Waals surface area contributed by atoms with Gasteiger partial charge in [0.15, 0.2) is 0 Å². The van der Waals surface area contributed by atoms with E-state index in [0.29, 0.717) is 18.7 Å². The van der Waals surface area contributed by atoms with E-state index in [-0.39, 0.29) is 12.0 Å². The lowest BCUT2D eigenvalue weighted by Gasteiger charge is -2.27. The Morgan fingerprint density at radius 2 is 2.04 bits per heavy atom. The number of nitrogens with zero attached hydrogens (tertiary/aromatic N) is 1. The van der Waals surface area contributed by atoms with E-state index < -0.39 is 0 Å². The highest BCUT2D eigenvalue weighted by Crippen LogP contribution is 2.29. The van der Waals surface area contributed by atoms with E-state index in [2.05, 4.69) is 10.3 Å². The average Bonchev–Trinajstić information content (AvgIpc) is 3.04. The second kappa shape index (κ2) is 6.79. The Bertz CT molecular complexity index is 1040. The van der Waals surface area contributed by atoms with Gasteiger partial charge >= 0.3 is 12.0 Å². The number of carbonyl (C=O) groups excluding carboxylic acids is 2. The maximum absolute atomic E-state index is 12.7. The summed E-state index contributed by atoms with van der Waals surface area (Å²) in [6.45, 7) is 3.13. The molecule has 2 heterocycles. The molecule has 0 radical (unpaired) electrons. The Hall–Kier alpha value is -3.28. The zero-order valence-electron chi connectivity index (χ0n) is 15.3. The van der Waals surface area contributed by atoms with Gasteiger partial charge in [-0.2, -0.15) is 0 Å². The van der Waals surface area contributed by atoms with Crippen LogP contribution in [0, 0.1) is 6.92 Å². The van der Waals surface area contributed by atoms with Gasteiger partial charge in [0.2, 0.25) is 0 Å². The monoisotopic (exact) mass is 363 g/mol. The number of rotatable bonds is 2. The van der Waals surface area contributed by atoms with Gasteiger partial charge in [-0.1, -0.05) is 12.1 Å². The van der Waals surface area contributed by atoms with E-state index >= 15 is 0 Å². The topological polar surface area (TPSA) is 74.4 Å². The molecule has 0 spiro atoms. The molecule has 0 fully saturated rings. The molecule has 0 aliphatic carbocycles. The summed E-state index contributed by atoms with van der Waals surface area (Å²) in [5, 5.41) is 3.92. The number of hydrogen-bond donors (Lipinski definition) is 2. The highest BCUT2D eigenvalue weighted by Gasteiger charge is 2.24. The van der Waals surface area contributed by atoms with E-state index in [0.717, 1.165) is 39.8 Å². The lowest BCUT2D eigenvalue weighted by Crippen LogP contribution is -2.38. The molecule has 4 rings (SSSR count). The summed E-state index contributed by atoms with van der Waals surface area (Å²) in [6, 6.07) is 13.1. The number of esters is 1. The molecule has 0 bridgehead atoms. The number of carbonyl (C=O) groups is 2. The van der Waals surface area contributed by atoms with Crippen LogP contribution in [0.3, 0.4) is 0 Å². The molecule has 2 N–H and O–H groups in total. The fourth-order valence-electron chi connectivity index (χ4n) is 3.56. The molecule has 1 aliphatic heterocycles. The molecule has 1 aromatic heterocycles. The van der Waals surface area contributed by atoms with Crippen LogP contribution < -0.4 is 5.32 Å². The third-order valence-electron chi connectivity index (χ3n) is 4.95. The van der Waals surface area contributed by atoms with Crippen molar-refractivity contribution in [2.75, 3.05) is 19.0 Å². The molecule has 3 aromatic rings. The minimum absolute atomic E-state index is 0.121. The number of methoxy groups -OCH3 is 1. The number of anilines is 1. The van der Waals surface area contributed by atoms with Gasteiger partial charge in [0.05, 0.1) is 12.7 Å². The first kappa shape index (κ1) is 17.1. The molecule has 1 aliphatic rings. The Labute approximate surface area is 157 Å². The maximum Gasteiger partial charge on any atom is 0.337 e. The third kappa shape index (κ3) is 3.26. The van der Waals surface area contributed by atoms with Gasteiger partial charge in [-0.15, -0.1) is 0 Å². The molecule has 0 atom stereocenters. The average molecular weight is 363 g/mol. The lowest BCUT2D eigenvalue weighted by molar-refractivity contribution is 0.0601. The summed E-state index contributed by atoms with van der Waals surface area (Å²) >= 11 is 0. The maximum atomic E-state index is 12.7. The number of H-pyrrole nitrogens is 1. The zero-order valence-corrected chi connectivity index (χ0v) is 15.3. The number of amides is 2. The molecule has 2 aromatic carbocycles. The van der Waals surface area contributed by atoms with Crippen LogP contribution in [0.4, 0.5) is 10.5 Å². The van der Waals surface area contributed by atoms with Crippen molar-refractivity contribution in [3.8, 4) is 0 Å². The van der Waals surface area contributed by atoms with Crippen LogP contribution in [0.2, 0.25) is 0 Å². The second-order valence-electron chi connectivity index (χ2n) is 6.81. The van der Waals surface area contributed by atoms with Gasteiger partial charge in [0.1, 0.15) is 0 Å². The van der Waals surface area contributed by atoms with Crippen molar-refractivity contribution < 1.29 is 14.3 Å². The molecule has 6 nitrogen and oxygen atoms in total. The van der Waals surface area contributed by atoms with Gasteiger partial charge in [-0.3, -0.25) is 0 Å². The normalized spacial score (nSPS) is 13.3. The molecule has 2 amide bonds. The molecule has 0 saturated heterocycles. The number of aromatic amines is 1. The van der Waals surface area contributed by atoms with Crippen LogP contribution in [-0.2, 0) is 17.7 Å². The smallest absolute Gasteiger partial charge is 0.337 e. The van der Waals surface area contributed by atoms with E-state index in [9.17, 15) is 9.59 Å². The van der Waals surface area contributed by atoms with Crippen LogP contribution >= 0.6 is 0 Å².